The quantitative estimate of drug-likeness (QED) is 0.392. The molecule has 10 heteroatoms. The molecule has 0 bridgehead atoms. The Kier molecular flexibility index (Phi) is 6.27. The van der Waals surface area contributed by atoms with Gasteiger partial charge in [0.15, 0.2) is 10.9 Å². The lowest BCUT2D eigenvalue weighted by Crippen LogP contribution is -2.46. The summed E-state index contributed by atoms with van der Waals surface area (Å²) in [6.45, 7) is 0. The Labute approximate surface area is 198 Å². The molecule has 1 amide bonds. The summed E-state index contributed by atoms with van der Waals surface area (Å²) < 4.78 is 5.74. The Bertz CT molecular complexity index is 1240. The summed E-state index contributed by atoms with van der Waals surface area (Å²) in [4.78, 5) is 30.1. The van der Waals surface area contributed by atoms with Gasteiger partial charge < -0.3 is 14.8 Å². The first-order valence-electron chi connectivity index (χ1n) is 9.37. The van der Waals surface area contributed by atoms with Gasteiger partial charge in [-0.15, -0.1) is 0 Å². The lowest BCUT2D eigenvalue weighted by Gasteiger charge is -2.22. The van der Waals surface area contributed by atoms with E-state index in [9.17, 15) is 14.7 Å². The van der Waals surface area contributed by atoms with Crippen molar-refractivity contribution in [3.8, 4) is 11.5 Å². The van der Waals surface area contributed by atoms with E-state index in [2.05, 4.69) is 10.3 Å². The number of aliphatic carboxylic acids is 1. The maximum atomic E-state index is 13.0. The summed E-state index contributed by atoms with van der Waals surface area (Å²) >= 11 is 17.3. The Balaban J connectivity index is 1.58. The highest BCUT2D eigenvalue weighted by molar-refractivity contribution is 7.80. The summed E-state index contributed by atoms with van der Waals surface area (Å²) in [5, 5.41) is 13.2. The standard InChI is InChI=1S/C22H15Cl2N3O4S/c23-13-9-15(24)19(25-11-13)18-7-6-14(31-18)10-16-20(28)27(22(32)26-16)17(21(29)30)8-12-4-2-1-3-5-12/h1-7,9-11,17H,8H2,(H,26,32)(H,29,30). The van der Waals surface area contributed by atoms with Gasteiger partial charge in [-0.25, -0.2) is 9.78 Å². The summed E-state index contributed by atoms with van der Waals surface area (Å²) in [6, 6.07) is 12.7. The second-order valence-electron chi connectivity index (χ2n) is 6.89. The van der Waals surface area contributed by atoms with Crippen LogP contribution in [0.3, 0.4) is 0 Å². The molecule has 4 rings (SSSR count). The van der Waals surface area contributed by atoms with Crippen molar-refractivity contribution in [2.24, 2.45) is 0 Å². The van der Waals surface area contributed by atoms with E-state index in [1.807, 2.05) is 6.07 Å². The van der Waals surface area contributed by atoms with Crippen LogP contribution in [0.2, 0.25) is 10.0 Å². The highest BCUT2D eigenvalue weighted by Crippen LogP contribution is 2.30. The molecule has 3 heterocycles. The fourth-order valence-corrected chi connectivity index (χ4v) is 4.05. The third kappa shape index (κ3) is 4.52. The molecule has 0 spiro atoms. The Hall–Kier alpha value is -3.20. The number of furan rings is 1. The van der Waals surface area contributed by atoms with Crippen LogP contribution < -0.4 is 5.32 Å². The monoisotopic (exact) mass is 487 g/mol. The van der Waals surface area contributed by atoms with Gasteiger partial charge in [-0.3, -0.25) is 9.69 Å². The minimum Gasteiger partial charge on any atom is -0.480 e. The Morgan fingerprint density at radius 3 is 2.69 bits per heavy atom. The van der Waals surface area contributed by atoms with Crippen molar-refractivity contribution in [3.63, 3.8) is 0 Å². The van der Waals surface area contributed by atoms with Crippen LogP contribution in [0.15, 0.2) is 64.8 Å². The zero-order valence-electron chi connectivity index (χ0n) is 16.3. The molecule has 1 unspecified atom stereocenters. The number of carboxylic acid groups (broad SMARTS) is 1. The number of amides is 1. The van der Waals surface area contributed by atoms with E-state index in [4.69, 9.17) is 39.8 Å². The predicted octanol–water partition coefficient (Wildman–Crippen LogP) is 4.40. The molecule has 1 aliphatic heterocycles. The van der Waals surface area contributed by atoms with Crippen LogP contribution in [0.25, 0.3) is 17.5 Å². The Morgan fingerprint density at radius 2 is 2.00 bits per heavy atom. The van der Waals surface area contributed by atoms with E-state index in [0.717, 1.165) is 10.5 Å². The van der Waals surface area contributed by atoms with E-state index < -0.39 is 17.9 Å². The van der Waals surface area contributed by atoms with Crippen LogP contribution >= 0.6 is 35.4 Å². The lowest BCUT2D eigenvalue weighted by atomic mass is 10.0. The van der Waals surface area contributed by atoms with Gasteiger partial charge in [0, 0.05) is 18.7 Å². The van der Waals surface area contributed by atoms with Gasteiger partial charge in [0.25, 0.3) is 5.91 Å². The number of hydrogen-bond donors (Lipinski definition) is 2. The number of rotatable bonds is 6. The molecule has 2 aromatic heterocycles. The zero-order chi connectivity index (χ0) is 22.8. The normalized spacial score (nSPS) is 15.8. The van der Waals surface area contributed by atoms with Crippen LogP contribution in [-0.4, -0.2) is 38.0 Å². The molecule has 1 aliphatic rings. The molecule has 1 atom stereocenters. The molecule has 162 valence electrons. The number of carboxylic acids is 1. The molecule has 1 fully saturated rings. The van der Waals surface area contributed by atoms with E-state index >= 15 is 0 Å². The van der Waals surface area contributed by atoms with Gasteiger partial charge >= 0.3 is 5.97 Å². The molecule has 0 radical (unpaired) electrons. The van der Waals surface area contributed by atoms with Crippen molar-refractivity contribution < 1.29 is 19.1 Å². The van der Waals surface area contributed by atoms with Gasteiger partial charge in [-0.2, -0.15) is 0 Å². The molecular weight excluding hydrogens is 473 g/mol. The van der Waals surface area contributed by atoms with Crippen LogP contribution in [0.4, 0.5) is 0 Å². The lowest BCUT2D eigenvalue weighted by molar-refractivity contribution is -0.145. The largest absolute Gasteiger partial charge is 0.480 e. The molecule has 1 aromatic carbocycles. The van der Waals surface area contributed by atoms with Crippen LogP contribution in [0.5, 0.6) is 0 Å². The fraction of sp³-hybridized carbons (Fsp3) is 0.0909. The highest BCUT2D eigenvalue weighted by Gasteiger charge is 2.39. The third-order valence-electron chi connectivity index (χ3n) is 4.73. The number of aromatic nitrogens is 1. The average Bonchev–Trinajstić information content (AvgIpc) is 3.31. The SMILES string of the molecule is O=C(O)C(Cc1ccccc1)N1C(=O)C(=Cc2ccc(-c3ncc(Cl)cc3Cl)o2)NC1=S. The van der Waals surface area contributed by atoms with E-state index in [-0.39, 0.29) is 17.2 Å². The topological polar surface area (TPSA) is 95.7 Å². The molecule has 0 saturated carbocycles. The summed E-state index contributed by atoms with van der Waals surface area (Å²) in [5.41, 5.74) is 1.28. The second kappa shape index (κ2) is 9.12. The molecule has 7 nitrogen and oxygen atoms in total. The van der Waals surface area contributed by atoms with E-state index in [1.54, 1.807) is 42.5 Å². The minimum absolute atomic E-state index is 0.0128. The van der Waals surface area contributed by atoms with Gasteiger partial charge in [-0.1, -0.05) is 53.5 Å². The first-order valence-corrected chi connectivity index (χ1v) is 10.5. The van der Waals surface area contributed by atoms with Crippen LogP contribution in [0.1, 0.15) is 11.3 Å². The van der Waals surface area contributed by atoms with Crippen molar-refractivity contribution in [1.82, 2.24) is 15.2 Å². The van der Waals surface area contributed by atoms with E-state index in [0.29, 0.717) is 27.3 Å². The summed E-state index contributed by atoms with van der Waals surface area (Å²) in [7, 11) is 0. The number of halogens is 2. The number of carbonyl (C=O) groups excluding carboxylic acids is 1. The van der Waals surface area contributed by atoms with E-state index in [1.165, 1.54) is 12.3 Å². The summed E-state index contributed by atoms with van der Waals surface area (Å²) in [5.74, 6) is -0.991. The molecule has 1 saturated heterocycles. The number of nitrogens with one attached hydrogen (secondary N) is 1. The first kappa shape index (κ1) is 22.0. The molecule has 32 heavy (non-hydrogen) atoms. The molecule has 3 aromatic rings. The average molecular weight is 488 g/mol. The second-order valence-corrected chi connectivity index (χ2v) is 8.12. The zero-order valence-corrected chi connectivity index (χ0v) is 18.6. The molecular formula is C22H15Cl2N3O4S. The number of pyridine rings is 1. The summed E-state index contributed by atoms with van der Waals surface area (Å²) in [6.07, 6.45) is 3.01. The number of hydrogen-bond acceptors (Lipinski definition) is 5. The number of thiocarbonyl (C=S) groups is 1. The van der Waals surface area contributed by atoms with Gasteiger partial charge in [0.1, 0.15) is 23.2 Å². The van der Waals surface area contributed by atoms with Crippen molar-refractivity contribution in [1.29, 1.82) is 0 Å². The molecule has 2 N–H and O–H groups in total. The fourth-order valence-electron chi connectivity index (χ4n) is 3.25. The maximum Gasteiger partial charge on any atom is 0.327 e. The van der Waals surface area contributed by atoms with Crippen molar-refractivity contribution >= 4 is 58.5 Å². The van der Waals surface area contributed by atoms with Crippen molar-refractivity contribution in [3.05, 3.63) is 81.8 Å². The van der Waals surface area contributed by atoms with Crippen LogP contribution in [-0.2, 0) is 16.0 Å². The highest BCUT2D eigenvalue weighted by atomic mass is 35.5. The van der Waals surface area contributed by atoms with Crippen molar-refractivity contribution in [2.75, 3.05) is 0 Å². The van der Waals surface area contributed by atoms with Crippen LogP contribution in [0, 0.1) is 0 Å². The number of benzene rings is 1. The Morgan fingerprint density at radius 1 is 1.25 bits per heavy atom. The van der Waals surface area contributed by atoms with Gasteiger partial charge in [0.2, 0.25) is 0 Å². The number of nitrogens with zero attached hydrogens (tertiary/aromatic N) is 2. The smallest absolute Gasteiger partial charge is 0.327 e. The van der Waals surface area contributed by atoms with Gasteiger partial charge in [0.05, 0.1) is 10.0 Å². The van der Waals surface area contributed by atoms with Gasteiger partial charge in [-0.05, 0) is 36.0 Å². The maximum absolute atomic E-state index is 13.0. The van der Waals surface area contributed by atoms with Crippen molar-refractivity contribution in [2.45, 2.75) is 12.5 Å². The minimum atomic E-state index is -1.16. The molecule has 0 aliphatic carbocycles. The predicted molar refractivity (Wildman–Crippen MR) is 124 cm³/mol. The number of carbonyl (C=O) groups is 2. The first-order chi connectivity index (χ1) is 15.3. The third-order valence-corrected chi connectivity index (χ3v) is 5.53.